The molecular formula is C15H27N3O2. The van der Waals surface area contributed by atoms with Crippen LogP contribution >= 0.6 is 0 Å². The molecule has 1 N–H and O–H groups in total. The summed E-state index contributed by atoms with van der Waals surface area (Å²) in [5.74, 6) is 0. The van der Waals surface area contributed by atoms with Gasteiger partial charge in [-0.1, -0.05) is 13.8 Å². The van der Waals surface area contributed by atoms with Crippen LogP contribution in [0.5, 0.6) is 0 Å². The van der Waals surface area contributed by atoms with Gasteiger partial charge in [0.15, 0.2) is 0 Å². The van der Waals surface area contributed by atoms with Crippen molar-refractivity contribution in [2.75, 3.05) is 25.6 Å². The van der Waals surface area contributed by atoms with Crippen LogP contribution in [0.3, 0.4) is 0 Å². The van der Waals surface area contributed by atoms with E-state index < -0.39 is 0 Å². The topological polar surface area (TPSA) is 48.3 Å². The Hall–Kier alpha value is -1.07. The van der Waals surface area contributed by atoms with Gasteiger partial charge in [0.2, 0.25) is 0 Å². The van der Waals surface area contributed by atoms with Crippen molar-refractivity contribution >= 4 is 5.69 Å². The second-order valence-corrected chi connectivity index (χ2v) is 5.72. The minimum absolute atomic E-state index is 0.213. The molecule has 1 aromatic heterocycles. The van der Waals surface area contributed by atoms with E-state index in [4.69, 9.17) is 9.47 Å². The summed E-state index contributed by atoms with van der Waals surface area (Å²) in [6.07, 6.45) is 6.50. The molecule has 1 fully saturated rings. The molecule has 0 spiro atoms. The fourth-order valence-corrected chi connectivity index (χ4v) is 2.92. The van der Waals surface area contributed by atoms with Gasteiger partial charge in [-0.05, 0) is 19.8 Å². The van der Waals surface area contributed by atoms with Crippen LogP contribution < -0.4 is 5.32 Å². The Morgan fingerprint density at radius 3 is 2.95 bits per heavy atom. The number of rotatable bonds is 8. The Morgan fingerprint density at radius 2 is 2.30 bits per heavy atom. The Morgan fingerprint density at radius 1 is 1.50 bits per heavy atom. The van der Waals surface area contributed by atoms with E-state index in [1.807, 2.05) is 17.1 Å². The maximum absolute atomic E-state index is 5.83. The number of nitrogens with one attached hydrogen (secondary N) is 1. The molecule has 0 radical (unpaired) electrons. The van der Waals surface area contributed by atoms with Crippen molar-refractivity contribution in [3.05, 3.63) is 12.4 Å². The third kappa shape index (κ3) is 2.99. The number of hydrogen-bond donors (Lipinski definition) is 1. The summed E-state index contributed by atoms with van der Waals surface area (Å²) in [6, 6.07) is 0.462. The summed E-state index contributed by atoms with van der Waals surface area (Å²) in [4.78, 5) is 0. The van der Waals surface area contributed by atoms with Gasteiger partial charge < -0.3 is 14.8 Å². The van der Waals surface area contributed by atoms with Crippen LogP contribution in [0.1, 0.15) is 33.6 Å². The molecule has 0 saturated heterocycles. The summed E-state index contributed by atoms with van der Waals surface area (Å²) in [6.45, 7) is 8.88. The monoisotopic (exact) mass is 281 g/mol. The van der Waals surface area contributed by atoms with Crippen LogP contribution in [-0.4, -0.2) is 42.2 Å². The normalized spacial score (nSPS) is 29.2. The average Bonchev–Trinajstić information content (AvgIpc) is 2.90. The third-order valence-corrected chi connectivity index (χ3v) is 4.61. The molecule has 0 aliphatic heterocycles. The summed E-state index contributed by atoms with van der Waals surface area (Å²) < 4.78 is 12.8. The lowest BCUT2D eigenvalue weighted by Crippen LogP contribution is -2.59. The lowest BCUT2D eigenvalue weighted by molar-refractivity contribution is -0.109. The minimum Gasteiger partial charge on any atom is -0.383 e. The smallest absolute Gasteiger partial charge is 0.0728 e. The second-order valence-electron chi connectivity index (χ2n) is 5.72. The van der Waals surface area contributed by atoms with Gasteiger partial charge in [-0.2, -0.15) is 5.10 Å². The van der Waals surface area contributed by atoms with Crippen molar-refractivity contribution in [3.63, 3.8) is 0 Å². The molecule has 0 aromatic carbocycles. The van der Waals surface area contributed by atoms with Crippen LogP contribution in [0.25, 0.3) is 0 Å². The molecule has 2 rings (SSSR count). The van der Waals surface area contributed by atoms with Gasteiger partial charge in [-0.25, -0.2) is 0 Å². The molecule has 5 nitrogen and oxygen atoms in total. The molecule has 0 amide bonds. The fraction of sp³-hybridized carbons (Fsp3) is 0.800. The SMILES string of the molecule is CCOC1CC(Nc2cnn(CCOC)c2)C1(C)CC. The number of hydrogen-bond acceptors (Lipinski definition) is 4. The molecule has 20 heavy (non-hydrogen) atoms. The minimum atomic E-state index is 0.213. The number of methoxy groups -OCH3 is 1. The molecule has 3 atom stereocenters. The zero-order valence-corrected chi connectivity index (χ0v) is 13.1. The quantitative estimate of drug-likeness (QED) is 0.795. The first-order valence-corrected chi connectivity index (χ1v) is 7.53. The number of aromatic nitrogens is 2. The van der Waals surface area contributed by atoms with Crippen LogP contribution in [0.2, 0.25) is 0 Å². The zero-order valence-electron chi connectivity index (χ0n) is 13.1. The molecule has 0 bridgehead atoms. The lowest BCUT2D eigenvalue weighted by Gasteiger charge is -2.53. The average molecular weight is 281 g/mol. The van der Waals surface area contributed by atoms with Crippen molar-refractivity contribution in [1.29, 1.82) is 0 Å². The van der Waals surface area contributed by atoms with Crippen molar-refractivity contribution in [2.24, 2.45) is 5.41 Å². The largest absolute Gasteiger partial charge is 0.383 e. The number of nitrogens with zero attached hydrogens (tertiary/aromatic N) is 2. The van der Waals surface area contributed by atoms with Gasteiger partial charge in [0.1, 0.15) is 0 Å². The van der Waals surface area contributed by atoms with Crippen LogP contribution in [0, 0.1) is 5.41 Å². The molecule has 1 aliphatic carbocycles. The first-order valence-electron chi connectivity index (χ1n) is 7.53. The van der Waals surface area contributed by atoms with E-state index in [0.717, 1.165) is 31.7 Å². The second kappa shape index (κ2) is 6.59. The molecular weight excluding hydrogens is 254 g/mol. The highest BCUT2D eigenvalue weighted by atomic mass is 16.5. The summed E-state index contributed by atoms with van der Waals surface area (Å²) in [5, 5.41) is 7.94. The Labute approximate surface area is 121 Å². The van der Waals surface area contributed by atoms with Crippen molar-refractivity contribution in [1.82, 2.24) is 9.78 Å². The van der Waals surface area contributed by atoms with Gasteiger partial charge >= 0.3 is 0 Å². The van der Waals surface area contributed by atoms with E-state index in [2.05, 4.69) is 31.2 Å². The molecule has 1 saturated carbocycles. The first-order chi connectivity index (χ1) is 9.63. The predicted molar refractivity (Wildman–Crippen MR) is 79.9 cm³/mol. The van der Waals surface area contributed by atoms with E-state index in [-0.39, 0.29) is 5.41 Å². The van der Waals surface area contributed by atoms with Gasteiger partial charge in [-0.15, -0.1) is 0 Å². The number of anilines is 1. The van der Waals surface area contributed by atoms with E-state index in [1.54, 1.807) is 7.11 Å². The molecule has 3 unspecified atom stereocenters. The standard InChI is InChI=1S/C15H27N3O2/c1-5-15(3)13(9-14(15)20-6-2)17-12-10-16-18(11-12)7-8-19-4/h10-11,13-14,17H,5-9H2,1-4H3. The number of ether oxygens (including phenoxy) is 2. The highest BCUT2D eigenvalue weighted by Crippen LogP contribution is 2.47. The maximum atomic E-state index is 5.83. The Bertz CT molecular complexity index is 421. The van der Waals surface area contributed by atoms with Gasteiger partial charge in [-0.3, -0.25) is 4.68 Å². The fourth-order valence-electron chi connectivity index (χ4n) is 2.92. The van der Waals surface area contributed by atoms with Crippen LogP contribution in [-0.2, 0) is 16.0 Å². The Kier molecular flexibility index (Phi) is 5.05. The van der Waals surface area contributed by atoms with Gasteiger partial charge in [0, 0.05) is 31.4 Å². The molecule has 1 heterocycles. The van der Waals surface area contributed by atoms with Crippen LogP contribution in [0.4, 0.5) is 5.69 Å². The van der Waals surface area contributed by atoms with E-state index >= 15 is 0 Å². The van der Waals surface area contributed by atoms with Gasteiger partial charge in [0.25, 0.3) is 0 Å². The summed E-state index contributed by atoms with van der Waals surface area (Å²) in [7, 11) is 1.71. The van der Waals surface area contributed by atoms with Crippen LogP contribution in [0.15, 0.2) is 12.4 Å². The summed E-state index contributed by atoms with van der Waals surface area (Å²) >= 11 is 0. The molecule has 1 aromatic rings. The highest BCUT2D eigenvalue weighted by molar-refractivity contribution is 5.41. The lowest BCUT2D eigenvalue weighted by atomic mass is 9.61. The van der Waals surface area contributed by atoms with Crippen molar-refractivity contribution < 1.29 is 9.47 Å². The van der Waals surface area contributed by atoms with E-state index in [0.29, 0.717) is 18.8 Å². The Balaban J connectivity index is 1.92. The molecule has 114 valence electrons. The van der Waals surface area contributed by atoms with E-state index in [9.17, 15) is 0 Å². The maximum Gasteiger partial charge on any atom is 0.0728 e. The highest BCUT2D eigenvalue weighted by Gasteiger charge is 2.51. The van der Waals surface area contributed by atoms with Gasteiger partial charge in [0.05, 0.1) is 31.1 Å². The first kappa shape index (κ1) is 15.3. The van der Waals surface area contributed by atoms with Crippen molar-refractivity contribution in [3.8, 4) is 0 Å². The van der Waals surface area contributed by atoms with Crippen molar-refractivity contribution in [2.45, 2.75) is 52.3 Å². The molecule has 5 heteroatoms. The molecule has 1 aliphatic rings. The third-order valence-electron chi connectivity index (χ3n) is 4.61. The predicted octanol–water partition coefficient (Wildman–Crippen LogP) is 2.54. The zero-order chi connectivity index (χ0) is 14.6. The van der Waals surface area contributed by atoms with E-state index in [1.165, 1.54) is 0 Å². The summed E-state index contributed by atoms with van der Waals surface area (Å²) in [5.41, 5.74) is 1.30.